The maximum absolute atomic E-state index is 10.2. The third kappa shape index (κ3) is 4.65. The van der Waals surface area contributed by atoms with E-state index in [0.29, 0.717) is 37.6 Å². The summed E-state index contributed by atoms with van der Waals surface area (Å²) in [5.41, 5.74) is 1.64. The molecule has 0 unspecified atom stereocenters. The van der Waals surface area contributed by atoms with Crippen molar-refractivity contribution in [2.45, 2.75) is 29.7 Å². The van der Waals surface area contributed by atoms with Gasteiger partial charge in [-0.3, -0.25) is 4.98 Å². The fourth-order valence-electron chi connectivity index (χ4n) is 2.61. The molecule has 152 valence electrons. The maximum atomic E-state index is 10.2. The minimum Gasteiger partial charge on any atom is -0.429 e. The summed E-state index contributed by atoms with van der Waals surface area (Å²) in [6.45, 7) is 3.37. The number of oxazole rings is 1. The van der Waals surface area contributed by atoms with E-state index >= 15 is 0 Å². The minimum atomic E-state index is -1.04. The van der Waals surface area contributed by atoms with Gasteiger partial charge in [-0.2, -0.15) is 0 Å². The van der Waals surface area contributed by atoms with Crippen molar-refractivity contribution in [2.75, 3.05) is 0 Å². The lowest BCUT2D eigenvalue weighted by molar-refractivity contribution is 0.0739. The Morgan fingerprint density at radius 1 is 0.867 bits per heavy atom. The van der Waals surface area contributed by atoms with Crippen molar-refractivity contribution in [3.05, 3.63) is 70.7 Å². The predicted octanol–water partition coefficient (Wildman–Crippen LogP) is 5.88. The van der Waals surface area contributed by atoms with Gasteiger partial charge in [0.1, 0.15) is 11.3 Å². The summed E-state index contributed by atoms with van der Waals surface area (Å²) in [6, 6.07) is 10.8. The highest BCUT2D eigenvalue weighted by molar-refractivity contribution is 7.99. The molecule has 9 heteroatoms. The maximum Gasteiger partial charge on any atom is 0.228 e. The normalized spacial score (nSPS) is 11.6. The van der Waals surface area contributed by atoms with Gasteiger partial charge in [-0.15, -0.1) is 0 Å². The zero-order valence-electron chi connectivity index (χ0n) is 16.0. The smallest absolute Gasteiger partial charge is 0.228 e. The first kappa shape index (κ1) is 20.8. The van der Waals surface area contributed by atoms with Gasteiger partial charge in [0, 0.05) is 22.3 Å². The van der Waals surface area contributed by atoms with E-state index in [-0.39, 0.29) is 0 Å². The Morgan fingerprint density at radius 2 is 1.53 bits per heavy atom. The van der Waals surface area contributed by atoms with Crippen LogP contribution in [0.1, 0.15) is 19.5 Å². The first-order valence-corrected chi connectivity index (χ1v) is 10.5. The monoisotopic (exact) mass is 458 g/mol. The van der Waals surface area contributed by atoms with Crippen molar-refractivity contribution >= 4 is 35.0 Å². The molecule has 0 aliphatic heterocycles. The molecule has 1 N–H and O–H groups in total. The van der Waals surface area contributed by atoms with Crippen molar-refractivity contribution in [3.63, 3.8) is 0 Å². The zero-order valence-corrected chi connectivity index (χ0v) is 18.3. The second-order valence-corrected chi connectivity index (χ2v) is 8.75. The summed E-state index contributed by atoms with van der Waals surface area (Å²) in [6.07, 6.45) is 4.70. The van der Waals surface area contributed by atoms with Gasteiger partial charge in [0.25, 0.3) is 0 Å². The Labute approximate surface area is 187 Å². The van der Waals surface area contributed by atoms with Crippen LogP contribution in [0.25, 0.3) is 22.7 Å². The third-order valence-corrected chi connectivity index (χ3v) is 5.43. The largest absolute Gasteiger partial charge is 0.429 e. The molecular weight excluding hydrogens is 443 g/mol. The number of benzene rings is 1. The van der Waals surface area contributed by atoms with E-state index in [9.17, 15) is 5.11 Å². The summed E-state index contributed by atoms with van der Waals surface area (Å²) in [7, 11) is 0. The van der Waals surface area contributed by atoms with Crippen LogP contribution in [0.3, 0.4) is 0 Å². The second-order valence-electron chi connectivity index (χ2n) is 6.94. The van der Waals surface area contributed by atoms with Gasteiger partial charge in [-0.05, 0) is 62.0 Å². The molecule has 0 atom stereocenters. The number of aromatic nitrogens is 4. The van der Waals surface area contributed by atoms with Gasteiger partial charge in [0.15, 0.2) is 10.2 Å². The molecule has 4 rings (SSSR count). The Balaban J connectivity index is 1.76. The molecule has 0 saturated heterocycles. The zero-order chi connectivity index (χ0) is 21.3. The third-order valence-electron chi connectivity index (χ3n) is 4.13. The van der Waals surface area contributed by atoms with Crippen LogP contribution in [0.15, 0.2) is 69.7 Å². The number of nitrogens with zero attached hydrogens (tertiary/aromatic N) is 4. The van der Waals surface area contributed by atoms with Crippen molar-refractivity contribution in [3.8, 4) is 22.7 Å². The Hall–Kier alpha value is -2.45. The van der Waals surface area contributed by atoms with E-state index in [1.807, 2.05) is 18.2 Å². The Kier molecular flexibility index (Phi) is 5.79. The fourth-order valence-corrected chi connectivity index (χ4v) is 3.59. The molecular formula is C21H16Cl2N4O2S. The topological polar surface area (TPSA) is 84.9 Å². The number of aliphatic hydroxyl groups is 1. The van der Waals surface area contributed by atoms with Gasteiger partial charge in [0.05, 0.1) is 23.1 Å². The quantitative estimate of drug-likeness (QED) is 0.373. The van der Waals surface area contributed by atoms with Crippen molar-refractivity contribution in [1.82, 2.24) is 19.9 Å². The fraction of sp³-hybridized carbons (Fsp3) is 0.143. The number of halogens is 2. The molecule has 0 aliphatic rings. The Morgan fingerprint density at radius 3 is 2.13 bits per heavy atom. The van der Waals surface area contributed by atoms with Crippen LogP contribution in [-0.2, 0) is 5.60 Å². The van der Waals surface area contributed by atoms with Crippen LogP contribution in [-0.4, -0.2) is 25.0 Å². The van der Waals surface area contributed by atoms with Crippen LogP contribution >= 0.6 is 35.0 Å². The molecule has 0 bridgehead atoms. The highest BCUT2D eigenvalue weighted by Gasteiger charge is 2.21. The van der Waals surface area contributed by atoms with Gasteiger partial charge in [0.2, 0.25) is 5.89 Å². The molecule has 0 saturated carbocycles. The summed E-state index contributed by atoms with van der Waals surface area (Å²) in [4.78, 5) is 17.5. The van der Waals surface area contributed by atoms with Crippen LogP contribution in [0.2, 0.25) is 10.0 Å². The average Bonchev–Trinajstić information content (AvgIpc) is 3.13. The van der Waals surface area contributed by atoms with Crippen molar-refractivity contribution in [1.29, 1.82) is 0 Å². The molecule has 0 radical (unpaired) electrons. The molecule has 6 nitrogen and oxygen atoms in total. The summed E-state index contributed by atoms with van der Waals surface area (Å²) >= 11 is 13.1. The first-order chi connectivity index (χ1) is 14.3. The van der Waals surface area contributed by atoms with Crippen LogP contribution in [0.5, 0.6) is 0 Å². The van der Waals surface area contributed by atoms with Crippen LogP contribution in [0.4, 0.5) is 0 Å². The van der Waals surface area contributed by atoms with E-state index in [4.69, 9.17) is 27.6 Å². The lowest BCUT2D eigenvalue weighted by Crippen LogP contribution is -2.17. The van der Waals surface area contributed by atoms with E-state index in [2.05, 4.69) is 19.9 Å². The standard InChI is InChI=1S/C21H16Cl2N4O2S/c1-21(2,28)16-8-5-13(9-24-16)17-19(30-20-25-10-15(23)11-26-20)29-18(27-17)12-3-6-14(22)7-4-12/h3-11,28H,1-2H3. The first-order valence-electron chi connectivity index (χ1n) is 8.91. The summed E-state index contributed by atoms with van der Waals surface area (Å²) in [5, 5.41) is 12.2. The predicted molar refractivity (Wildman–Crippen MR) is 117 cm³/mol. The molecule has 1 aromatic carbocycles. The van der Waals surface area contributed by atoms with Gasteiger partial charge in [-0.25, -0.2) is 15.0 Å². The molecule has 0 aliphatic carbocycles. The number of hydrogen-bond acceptors (Lipinski definition) is 7. The van der Waals surface area contributed by atoms with E-state index in [1.165, 1.54) is 24.2 Å². The lowest BCUT2D eigenvalue weighted by atomic mass is 10.0. The molecule has 0 amide bonds. The molecule has 4 aromatic rings. The molecule has 0 spiro atoms. The highest BCUT2D eigenvalue weighted by atomic mass is 35.5. The van der Waals surface area contributed by atoms with E-state index < -0.39 is 5.60 Å². The molecule has 3 heterocycles. The lowest BCUT2D eigenvalue weighted by Gasteiger charge is -2.16. The Bertz CT molecular complexity index is 1160. The number of hydrogen-bond donors (Lipinski definition) is 1. The van der Waals surface area contributed by atoms with E-state index in [0.717, 1.165) is 11.1 Å². The van der Waals surface area contributed by atoms with Gasteiger partial charge >= 0.3 is 0 Å². The number of rotatable bonds is 5. The van der Waals surface area contributed by atoms with Gasteiger partial charge < -0.3 is 9.52 Å². The molecule has 0 fully saturated rings. The van der Waals surface area contributed by atoms with E-state index in [1.54, 1.807) is 38.2 Å². The minimum absolute atomic E-state index is 0.435. The molecule has 30 heavy (non-hydrogen) atoms. The van der Waals surface area contributed by atoms with Crippen molar-refractivity contribution < 1.29 is 9.52 Å². The second kappa shape index (κ2) is 8.35. The van der Waals surface area contributed by atoms with Crippen LogP contribution < -0.4 is 0 Å². The SMILES string of the molecule is CC(C)(O)c1ccc(-c2nc(-c3ccc(Cl)cc3)oc2Sc2ncc(Cl)cn2)cn1. The molecule has 3 aromatic heterocycles. The average molecular weight is 459 g/mol. The van der Waals surface area contributed by atoms with Crippen molar-refractivity contribution in [2.24, 2.45) is 0 Å². The van der Waals surface area contributed by atoms with Gasteiger partial charge in [-0.1, -0.05) is 23.2 Å². The summed E-state index contributed by atoms with van der Waals surface area (Å²) in [5.74, 6) is 0.435. The number of pyridine rings is 1. The summed E-state index contributed by atoms with van der Waals surface area (Å²) < 4.78 is 6.05. The van der Waals surface area contributed by atoms with Crippen LogP contribution in [0, 0.1) is 0 Å². The highest BCUT2D eigenvalue weighted by Crippen LogP contribution is 2.38.